The van der Waals surface area contributed by atoms with E-state index in [9.17, 15) is 14.0 Å². The second-order valence-corrected chi connectivity index (χ2v) is 9.96. The van der Waals surface area contributed by atoms with E-state index < -0.39 is 5.54 Å². The minimum absolute atomic E-state index is 0.223. The Hall–Kier alpha value is -3.78. The molecule has 4 aromatic rings. The summed E-state index contributed by atoms with van der Waals surface area (Å²) >= 11 is 1.55. The van der Waals surface area contributed by atoms with Gasteiger partial charge in [0.1, 0.15) is 22.7 Å². The fourth-order valence-corrected chi connectivity index (χ4v) is 5.08. The van der Waals surface area contributed by atoms with Crippen molar-refractivity contribution in [2.45, 2.75) is 39.0 Å². The third-order valence-corrected chi connectivity index (χ3v) is 7.24. The van der Waals surface area contributed by atoms with Gasteiger partial charge < -0.3 is 10.2 Å². The highest BCUT2D eigenvalue weighted by molar-refractivity contribution is 7.13. The molecule has 8 heteroatoms. The zero-order valence-corrected chi connectivity index (χ0v) is 20.3. The lowest BCUT2D eigenvalue weighted by Gasteiger charge is -2.43. The maximum absolute atomic E-state index is 13.8. The Kier molecular flexibility index (Phi) is 5.98. The SMILES string of the molecule is Cc1cccc(CN2C(=O)c3cc(-c4cccs4)nn3C[C@@]2(C)C(=O)NCc2ccc(F)cc2)c1. The number of fused-ring (bicyclic) bond motifs is 1. The number of nitrogens with zero attached hydrogens (tertiary/aromatic N) is 3. The number of halogens is 1. The van der Waals surface area contributed by atoms with Gasteiger partial charge in [0.2, 0.25) is 5.91 Å². The lowest BCUT2D eigenvalue weighted by atomic mass is 9.93. The van der Waals surface area contributed by atoms with Crippen molar-refractivity contribution < 1.29 is 14.0 Å². The van der Waals surface area contributed by atoms with Gasteiger partial charge in [0.05, 0.1) is 11.4 Å². The van der Waals surface area contributed by atoms with Crippen molar-refractivity contribution in [1.29, 1.82) is 0 Å². The monoisotopic (exact) mass is 488 g/mol. The van der Waals surface area contributed by atoms with Crippen LogP contribution < -0.4 is 5.32 Å². The number of hydrogen-bond acceptors (Lipinski definition) is 4. The van der Waals surface area contributed by atoms with E-state index in [0.29, 0.717) is 12.2 Å². The molecule has 6 nitrogen and oxygen atoms in total. The number of hydrogen-bond donors (Lipinski definition) is 1. The quantitative estimate of drug-likeness (QED) is 0.424. The lowest BCUT2D eigenvalue weighted by molar-refractivity contribution is -0.133. The van der Waals surface area contributed by atoms with Crippen molar-refractivity contribution >= 4 is 23.2 Å². The number of amides is 2. The van der Waals surface area contributed by atoms with Gasteiger partial charge in [-0.1, -0.05) is 48.0 Å². The summed E-state index contributed by atoms with van der Waals surface area (Å²) in [6, 6.07) is 19.6. The third kappa shape index (κ3) is 4.49. The Balaban J connectivity index is 1.48. The van der Waals surface area contributed by atoms with Crippen LogP contribution in [0.3, 0.4) is 0 Å². The predicted octanol–water partition coefficient (Wildman–Crippen LogP) is 4.79. The summed E-state index contributed by atoms with van der Waals surface area (Å²) in [5.41, 5.74) is 2.81. The second-order valence-electron chi connectivity index (χ2n) is 9.01. The number of aryl methyl sites for hydroxylation is 1. The van der Waals surface area contributed by atoms with Gasteiger partial charge in [0.15, 0.2) is 0 Å². The van der Waals surface area contributed by atoms with Crippen molar-refractivity contribution in [3.05, 3.63) is 100 Å². The molecule has 1 aliphatic heterocycles. The number of nitrogens with one attached hydrogen (secondary N) is 1. The molecule has 178 valence electrons. The van der Waals surface area contributed by atoms with Crippen LogP contribution >= 0.6 is 11.3 Å². The van der Waals surface area contributed by atoms with E-state index >= 15 is 0 Å². The van der Waals surface area contributed by atoms with Crippen LogP contribution in [0.25, 0.3) is 10.6 Å². The first-order valence-corrected chi connectivity index (χ1v) is 12.2. The minimum atomic E-state index is -1.17. The van der Waals surface area contributed by atoms with Crippen molar-refractivity contribution in [1.82, 2.24) is 20.0 Å². The molecule has 0 bridgehead atoms. The molecule has 2 aromatic heterocycles. The maximum atomic E-state index is 13.8. The van der Waals surface area contributed by atoms with Crippen LogP contribution in [0, 0.1) is 12.7 Å². The molecule has 35 heavy (non-hydrogen) atoms. The summed E-state index contributed by atoms with van der Waals surface area (Å²) in [6.45, 7) is 4.52. The van der Waals surface area contributed by atoms with Crippen molar-refractivity contribution in [3.8, 4) is 10.6 Å². The molecule has 0 aliphatic carbocycles. The molecule has 0 unspecified atom stereocenters. The van der Waals surface area contributed by atoms with E-state index in [1.807, 2.05) is 48.7 Å². The van der Waals surface area contributed by atoms with Gasteiger partial charge in [0, 0.05) is 13.1 Å². The fraction of sp³-hybridized carbons (Fsp3) is 0.222. The van der Waals surface area contributed by atoms with Gasteiger partial charge in [-0.15, -0.1) is 11.3 Å². The summed E-state index contributed by atoms with van der Waals surface area (Å²) in [6.07, 6.45) is 0. The fourth-order valence-electron chi connectivity index (χ4n) is 4.40. The van der Waals surface area contributed by atoms with E-state index in [4.69, 9.17) is 0 Å². The van der Waals surface area contributed by atoms with Crippen LogP contribution in [0.4, 0.5) is 4.39 Å². The number of aromatic nitrogens is 2. The first-order valence-electron chi connectivity index (χ1n) is 11.4. The van der Waals surface area contributed by atoms with Crippen LogP contribution in [-0.2, 0) is 24.4 Å². The zero-order chi connectivity index (χ0) is 24.6. The van der Waals surface area contributed by atoms with E-state index in [2.05, 4.69) is 10.4 Å². The highest BCUT2D eigenvalue weighted by atomic mass is 32.1. The minimum Gasteiger partial charge on any atom is -0.350 e. The van der Waals surface area contributed by atoms with Gasteiger partial charge in [-0.05, 0) is 54.6 Å². The van der Waals surface area contributed by atoms with Crippen LogP contribution in [0.1, 0.15) is 34.1 Å². The van der Waals surface area contributed by atoms with E-state index in [1.54, 1.807) is 46.0 Å². The van der Waals surface area contributed by atoms with Gasteiger partial charge >= 0.3 is 0 Å². The molecule has 1 N–H and O–H groups in total. The summed E-state index contributed by atoms with van der Waals surface area (Å²) in [4.78, 5) is 30.0. The van der Waals surface area contributed by atoms with Gasteiger partial charge in [-0.25, -0.2) is 4.39 Å². The highest BCUT2D eigenvalue weighted by Crippen LogP contribution is 2.32. The molecule has 0 saturated carbocycles. The predicted molar refractivity (Wildman–Crippen MR) is 133 cm³/mol. The normalized spacial score (nSPS) is 17.3. The molecule has 5 rings (SSSR count). The Bertz CT molecular complexity index is 1380. The standard InChI is InChI=1S/C27H25FN4O2S/c1-18-5-3-6-20(13-18)16-31-25(33)23-14-22(24-7-4-12-35-24)30-32(23)17-27(31,2)26(34)29-15-19-8-10-21(28)11-9-19/h3-14H,15-17H2,1-2H3,(H,29,34)/t27-/m0/s1. The maximum Gasteiger partial charge on any atom is 0.273 e. The van der Waals surface area contributed by atoms with E-state index in [1.165, 1.54) is 12.1 Å². The Morgan fingerprint density at radius 2 is 1.91 bits per heavy atom. The topological polar surface area (TPSA) is 67.2 Å². The smallest absolute Gasteiger partial charge is 0.273 e. The molecule has 0 saturated heterocycles. The Morgan fingerprint density at radius 1 is 1.11 bits per heavy atom. The molecular weight excluding hydrogens is 463 g/mol. The average molecular weight is 489 g/mol. The largest absolute Gasteiger partial charge is 0.350 e. The molecule has 0 radical (unpaired) electrons. The highest BCUT2D eigenvalue weighted by Gasteiger charge is 2.48. The molecule has 1 aliphatic rings. The number of carbonyl (C=O) groups excluding carboxylic acids is 2. The first-order chi connectivity index (χ1) is 16.8. The molecule has 0 fully saturated rings. The lowest BCUT2D eigenvalue weighted by Crippen LogP contribution is -2.63. The van der Waals surface area contributed by atoms with Crippen molar-refractivity contribution in [2.24, 2.45) is 0 Å². The third-order valence-electron chi connectivity index (χ3n) is 6.35. The van der Waals surface area contributed by atoms with Crippen molar-refractivity contribution in [3.63, 3.8) is 0 Å². The summed E-state index contributed by atoms with van der Waals surface area (Å²) in [7, 11) is 0. The summed E-state index contributed by atoms with van der Waals surface area (Å²) in [5.74, 6) is -0.865. The summed E-state index contributed by atoms with van der Waals surface area (Å²) in [5, 5.41) is 9.58. The van der Waals surface area contributed by atoms with Crippen LogP contribution in [0.2, 0.25) is 0 Å². The average Bonchev–Trinajstić information content (AvgIpc) is 3.51. The summed E-state index contributed by atoms with van der Waals surface area (Å²) < 4.78 is 14.9. The Morgan fingerprint density at radius 3 is 2.63 bits per heavy atom. The molecule has 1 atom stereocenters. The van der Waals surface area contributed by atoms with Gasteiger partial charge in [-0.2, -0.15) is 5.10 Å². The number of rotatable bonds is 6. The molecule has 2 aromatic carbocycles. The van der Waals surface area contributed by atoms with Gasteiger partial charge in [0.25, 0.3) is 5.91 Å². The molecular formula is C27H25FN4O2S. The number of benzene rings is 2. The van der Waals surface area contributed by atoms with Crippen LogP contribution in [0.15, 0.2) is 72.1 Å². The number of carbonyl (C=O) groups is 2. The van der Waals surface area contributed by atoms with E-state index in [0.717, 1.165) is 27.3 Å². The zero-order valence-electron chi connectivity index (χ0n) is 19.5. The van der Waals surface area contributed by atoms with Crippen molar-refractivity contribution in [2.75, 3.05) is 0 Å². The van der Waals surface area contributed by atoms with Crippen LogP contribution in [-0.4, -0.2) is 32.0 Å². The van der Waals surface area contributed by atoms with E-state index in [-0.39, 0.29) is 30.7 Å². The Labute approximate surface area is 207 Å². The van der Waals surface area contributed by atoms with Crippen LogP contribution in [0.5, 0.6) is 0 Å². The molecule has 3 heterocycles. The second kappa shape index (κ2) is 9.11. The number of thiophene rings is 1. The molecule has 0 spiro atoms. The van der Waals surface area contributed by atoms with Gasteiger partial charge in [-0.3, -0.25) is 14.3 Å². The molecule has 2 amide bonds. The first kappa shape index (κ1) is 23.0.